The van der Waals surface area contributed by atoms with Crippen LogP contribution >= 0.6 is 0 Å². The fraction of sp³-hybridized carbons (Fsp3) is 0.0769. The molecule has 0 radical (unpaired) electrons. The van der Waals surface area contributed by atoms with Crippen molar-refractivity contribution in [2.24, 2.45) is 0 Å². The van der Waals surface area contributed by atoms with Gasteiger partial charge in [0.05, 0.1) is 0 Å². The summed E-state index contributed by atoms with van der Waals surface area (Å²) in [5, 5.41) is 4.62. The van der Waals surface area contributed by atoms with Gasteiger partial charge < -0.3 is 9.47 Å². The molecule has 0 aliphatic carbocycles. The van der Waals surface area contributed by atoms with Crippen molar-refractivity contribution >= 4 is 45.8 Å². The molecule has 0 atom stereocenters. The van der Waals surface area contributed by atoms with Gasteiger partial charge in [-0.05, 0) is 58.7 Å². The molecule has 0 saturated heterocycles. The van der Waals surface area contributed by atoms with Crippen LogP contribution in [0.3, 0.4) is 0 Å². The predicted molar refractivity (Wildman–Crippen MR) is 173 cm³/mol. The molecule has 0 unspecified atom stereocenters. The largest absolute Gasteiger partial charge is 0.456 e. The minimum atomic E-state index is 0.132. The molecule has 0 fully saturated rings. The van der Waals surface area contributed by atoms with Gasteiger partial charge in [0.15, 0.2) is 0 Å². The molecule has 6 aromatic carbocycles. The zero-order valence-corrected chi connectivity index (χ0v) is 23.2. The van der Waals surface area contributed by atoms with Crippen LogP contribution in [0, 0.1) is 13.8 Å². The highest BCUT2D eigenvalue weighted by atomic mass is 16.7. The quantitative estimate of drug-likeness (QED) is 0.211. The number of rotatable bonds is 4. The van der Waals surface area contributed by atoms with Crippen molar-refractivity contribution in [3.8, 4) is 22.6 Å². The van der Waals surface area contributed by atoms with Gasteiger partial charge in [0.1, 0.15) is 11.5 Å². The zero-order valence-electron chi connectivity index (χ0n) is 23.2. The Morgan fingerprint density at radius 1 is 0.488 bits per heavy atom. The van der Waals surface area contributed by atoms with Crippen LogP contribution < -0.4 is 9.47 Å². The van der Waals surface area contributed by atoms with E-state index in [4.69, 9.17) is 9.47 Å². The molecular formula is C39H30O2. The molecule has 0 N–H and O–H groups in total. The predicted octanol–water partition coefficient (Wildman–Crippen LogP) is 10.3. The Morgan fingerprint density at radius 3 is 1.34 bits per heavy atom. The first-order chi connectivity index (χ1) is 20.1. The molecule has 6 aromatic rings. The third-order valence-corrected chi connectivity index (χ3v) is 7.78. The first-order valence-corrected chi connectivity index (χ1v) is 14.0. The summed E-state index contributed by atoms with van der Waals surface area (Å²) in [5.41, 5.74) is 8.99. The highest BCUT2D eigenvalue weighted by Gasteiger charge is 2.25. The van der Waals surface area contributed by atoms with Crippen molar-refractivity contribution < 1.29 is 9.47 Å². The van der Waals surface area contributed by atoms with Gasteiger partial charge in [-0.3, -0.25) is 0 Å². The number of hydrogen-bond acceptors (Lipinski definition) is 2. The molecule has 1 aliphatic heterocycles. The van der Waals surface area contributed by atoms with Gasteiger partial charge in [-0.2, -0.15) is 0 Å². The second kappa shape index (κ2) is 10.5. The molecule has 7 rings (SSSR count). The van der Waals surface area contributed by atoms with E-state index in [1.165, 1.54) is 11.1 Å². The van der Waals surface area contributed by atoms with Gasteiger partial charge in [0.2, 0.25) is 6.79 Å². The van der Waals surface area contributed by atoms with Crippen LogP contribution in [-0.4, -0.2) is 6.79 Å². The van der Waals surface area contributed by atoms with Crippen LogP contribution in [0.1, 0.15) is 33.4 Å². The van der Waals surface area contributed by atoms with E-state index >= 15 is 0 Å². The van der Waals surface area contributed by atoms with Crippen molar-refractivity contribution in [3.05, 3.63) is 143 Å². The molecule has 0 saturated carbocycles. The standard InChI is InChI=1S/C39H30O2/c1-26-11-15-28(16-12-26)19-21-32-23-30-7-3-5-9-34(30)36-37-35-10-6-4-8-31(35)24-33(39(37)41-25-40-38(32)36)22-20-29-17-13-27(2)14-18-29/h3-24H,25H2,1-2H3/b21-19-,22-20-. The smallest absolute Gasteiger partial charge is 0.231 e. The Labute approximate surface area is 240 Å². The van der Waals surface area contributed by atoms with Gasteiger partial charge in [-0.25, -0.2) is 0 Å². The van der Waals surface area contributed by atoms with Gasteiger partial charge in [0.25, 0.3) is 0 Å². The van der Waals surface area contributed by atoms with Crippen LogP contribution in [0.4, 0.5) is 0 Å². The molecule has 198 valence electrons. The number of hydrogen-bond donors (Lipinski definition) is 0. The number of aryl methyl sites for hydroxylation is 2. The molecule has 2 nitrogen and oxygen atoms in total. The van der Waals surface area contributed by atoms with Gasteiger partial charge >= 0.3 is 0 Å². The minimum Gasteiger partial charge on any atom is -0.456 e. The van der Waals surface area contributed by atoms with Crippen molar-refractivity contribution in [2.75, 3.05) is 6.79 Å². The highest BCUT2D eigenvalue weighted by molar-refractivity contribution is 6.12. The summed E-state index contributed by atoms with van der Waals surface area (Å²) in [6.45, 7) is 4.35. The fourth-order valence-corrected chi connectivity index (χ4v) is 5.63. The molecular weight excluding hydrogens is 500 g/mol. The maximum atomic E-state index is 6.46. The first-order valence-electron chi connectivity index (χ1n) is 14.0. The topological polar surface area (TPSA) is 18.5 Å². The van der Waals surface area contributed by atoms with E-state index in [1.54, 1.807) is 0 Å². The average molecular weight is 531 g/mol. The zero-order chi connectivity index (χ0) is 27.8. The third kappa shape index (κ3) is 4.79. The van der Waals surface area contributed by atoms with E-state index in [-0.39, 0.29) is 6.79 Å². The van der Waals surface area contributed by atoms with E-state index in [2.05, 4.69) is 147 Å². The molecule has 0 aromatic heterocycles. The lowest BCUT2D eigenvalue weighted by Crippen LogP contribution is -2.05. The SMILES string of the molecule is Cc1ccc(/C=C\c2cc3ccccc3c3c2OCOc2c(/C=C\c4ccc(C)cc4)cc4ccccc4c2-3)cc1. The second-order valence-corrected chi connectivity index (χ2v) is 10.7. The number of ether oxygens (including phenoxy) is 2. The Balaban J connectivity index is 1.48. The van der Waals surface area contributed by atoms with E-state index in [1.807, 2.05) is 0 Å². The summed E-state index contributed by atoms with van der Waals surface area (Å²) in [4.78, 5) is 0. The average Bonchev–Trinajstić information content (AvgIpc) is 3.21. The minimum absolute atomic E-state index is 0.132. The molecule has 41 heavy (non-hydrogen) atoms. The molecule has 2 heteroatoms. The Hall–Kier alpha value is -5.08. The van der Waals surface area contributed by atoms with Crippen molar-refractivity contribution in [1.29, 1.82) is 0 Å². The van der Waals surface area contributed by atoms with Gasteiger partial charge in [0, 0.05) is 22.3 Å². The Bertz CT molecular complexity index is 1810. The van der Waals surface area contributed by atoms with Gasteiger partial charge in [-0.15, -0.1) is 0 Å². The lowest BCUT2D eigenvalue weighted by Gasteiger charge is -2.17. The van der Waals surface area contributed by atoms with E-state index < -0.39 is 0 Å². The van der Waals surface area contributed by atoms with Crippen LogP contribution in [0.25, 0.3) is 57.0 Å². The van der Waals surface area contributed by atoms with Crippen LogP contribution in [0.5, 0.6) is 11.5 Å². The first kappa shape index (κ1) is 24.9. The van der Waals surface area contributed by atoms with Gasteiger partial charge in [-0.1, -0.05) is 132 Å². The number of fused-ring (bicyclic) bond motifs is 7. The van der Waals surface area contributed by atoms with Crippen LogP contribution in [0.15, 0.2) is 109 Å². The van der Waals surface area contributed by atoms with Crippen LogP contribution in [-0.2, 0) is 0 Å². The van der Waals surface area contributed by atoms with E-state index in [9.17, 15) is 0 Å². The molecule has 0 amide bonds. The van der Waals surface area contributed by atoms with Crippen molar-refractivity contribution in [1.82, 2.24) is 0 Å². The monoisotopic (exact) mass is 530 g/mol. The fourth-order valence-electron chi connectivity index (χ4n) is 5.63. The maximum Gasteiger partial charge on any atom is 0.231 e. The Morgan fingerprint density at radius 2 is 0.902 bits per heavy atom. The van der Waals surface area contributed by atoms with Crippen molar-refractivity contribution in [2.45, 2.75) is 13.8 Å². The molecule has 1 heterocycles. The molecule has 0 spiro atoms. The number of benzene rings is 6. The van der Waals surface area contributed by atoms with Crippen molar-refractivity contribution in [3.63, 3.8) is 0 Å². The summed E-state index contributed by atoms with van der Waals surface area (Å²) < 4.78 is 12.9. The third-order valence-electron chi connectivity index (χ3n) is 7.78. The summed E-state index contributed by atoms with van der Waals surface area (Å²) in [6, 6.07) is 38.7. The van der Waals surface area contributed by atoms with E-state index in [0.717, 1.165) is 66.4 Å². The summed E-state index contributed by atoms with van der Waals surface area (Å²) in [5.74, 6) is 1.69. The lowest BCUT2D eigenvalue weighted by molar-refractivity contribution is 0.124. The highest BCUT2D eigenvalue weighted by Crippen LogP contribution is 2.50. The second-order valence-electron chi connectivity index (χ2n) is 10.7. The van der Waals surface area contributed by atoms with Crippen LogP contribution in [0.2, 0.25) is 0 Å². The lowest BCUT2D eigenvalue weighted by atomic mass is 9.88. The normalized spacial score (nSPS) is 12.7. The molecule has 1 aliphatic rings. The Kier molecular flexibility index (Phi) is 6.37. The summed E-state index contributed by atoms with van der Waals surface area (Å²) in [7, 11) is 0. The summed E-state index contributed by atoms with van der Waals surface area (Å²) in [6.07, 6.45) is 8.62. The van der Waals surface area contributed by atoms with E-state index in [0.29, 0.717) is 0 Å². The maximum absolute atomic E-state index is 6.46. The summed E-state index contributed by atoms with van der Waals surface area (Å²) >= 11 is 0. The molecule has 0 bridgehead atoms.